The molecule has 0 radical (unpaired) electrons. The Morgan fingerprint density at radius 1 is 0.914 bits per heavy atom. The normalized spacial score (nSPS) is 17.9. The van der Waals surface area contributed by atoms with Crippen molar-refractivity contribution < 1.29 is 9.47 Å². The fourth-order valence-electron chi connectivity index (χ4n) is 3.41. The van der Waals surface area contributed by atoms with Crippen LogP contribution in [0.25, 0.3) is 11.0 Å². The number of hydrogen-bond donors (Lipinski definition) is 0. The smallest absolute Gasteiger partial charge is 0.225 e. The summed E-state index contributed by atoms with van der Waals surface area (Å²) in [5, 5.41) is 5.97. The Kier molecular flexibility index (Phi) is 10.5. The maximum atomic E-state index is 5.98. The van der Waals surface area contributed by atoms with Gasteiger partial charge in [-0.25, -0.2) is 19.6 Å². The predicted octanol–water partition coefficient (Wildman–Crippen LogP) is 6.49. The molecule has 188 valence electrons. The van der Waals surface area contributed by atoms with Gasteiger partial charge in [-0.1, -0.05) is 30.6 Å². The second kappa shape index (κ2) is 13.3. The van der Waals surface area contributed by atoms with Gasteiger partial charge in [0, 0.05) is 12.8 Å². The van der Waals surface area contributed by atoms with Crippen LogP contribution in [-0.2, 0) is 16.0 Å². The standard InChI is InChI=1S/C10H10Cl2N4O.C6H3Cl2N3.C5H8O.CH4/c11-8-6-5-13-16(7-3-1-2-4-17-7)9(6)15-10(12)14-8;7-5-3-1-9-2-4(3)10-6(8)11-5;1-2-4-6-5-3-1;/h5,7H,1-4H2;1H,2H2;2,4H,1,3,5H2;1H4. The minimum Gasteiger partial charge on any atom is -0.502 e. The van der Waals surface area contributed by atoms with E-state index in [-0.39, 0.29) is 24.2 Å². The molecule has 3 aliphatic rings. The molecule has 0 saturated carbocycles. The summed E-state index contributed by atoms with van der Waals surface area (Å²) in [5.41, 5.74) is 2.22. The van der Waals surface area contributed by atoms with Crippen LogP contribution in [0.1, 0.15) is 57.0 Å². The van der Waals surface area contributed by atoms with Gasteiger partial charge in [-0.15, -0.1) is 0 Å². The summed E-state index contributed by atoms with van der Waals surface area (Å²) in [7, 11) is 0. The molecule has 35 heavy (non-hydrogen) atoms. The fraction of sp³-hybridized carbons (Fsp3) is 0.455. The summed E-state index contributed by atoms with van der Waals surface area (Å²) >= 11 is 23.1. The van der Waals surface area contributed by atoms with Gasteiger partial charge in [-0.3, -0.25) is 4.99 Å². The molecule has 3 aliphatic heterocycles. The Labute approximate surface area is 223 Å². The van der Waals surface area contributed by atoms with Crippen LogP contribution in [-0.4, -0.2) is 49.1 Å². The third-order valence-electron chi connectivity index (χ3n) is 5.05. The third-order valence-corrected chi connectivity index (χ3v) is 5.96. The van der Waals surface area contributed by atoms with Crippen molar-refractivity contribution >= 4 is 63.7 Å². The molecule has 9 nitrogen and oxygen atoms in total. The fourth-order valence-corrected chi connectivity index (χ4v) is 4.30. The van der Waals surface area contributed by atoms with Crippen LogP contribution in [0.3, 0.4) is 0 Å². The molecule has 13 heteroatoms. The van der Waals surface area contributed by atoms with Crippen LogP contribution in [0, 0.1) is 0 Å². The Morgan fingerprint density at radius 2 is 1.71 bits per heavy atom. The molecule has 1 fully saturated rings. The molecule has 3 aromatic heterocycles. The molecule has 1 saturated heterocycles. The highest BCUT2D eigenvalue weighted by atomic mass is 35.5. The molecule has 3 aromatic rings. The molecule has 6 rings (SSSR count). The Morgan fingerprint density at radius 3 is 2.37 bits per heavy atom. The lowest BCUT2D eigenvalue weighted by atomic mass is 10.2. The van der Waals surface area contributed by atoms with Gasteiger partial charge >= 0.3 is 0 Å². The van der Waals surface area contributed by atoms with E-state index < -0.39 is 0 Å². The maximum absolute atomic E-state index is 5.98. The number of aromatic nitrogens is 6. The molecule has 0 aliphatic carbocycles. The molecule has 0 N–H and O–H groups in total. The zero-order valence-electron chi connectivity index (χ0n) is 18.0. The number of nitrogens with zero attached hydrogens (tertiary/aromatic N) is 7. The van der Waals surface area contributed by atoms with Crippen molar-refractivity contribution in [2.24, 2.45) is 4.99 Å². The summed E-state index contributed by atoms with van der Waals surface area (Å²) < 4.78 is 12.3. The van der Waals surface area contributed by atoms with Crippen LogP contribution in [0.5, 0.6) is 0 Å². The SMILES string of the molecule is C.C1=COCCC1.Clc1nc(Cl)c2c(n1)CN=C2.Clc1nc(Cl)c2cnn(C3CCCCO3)c2n1. The maximum Gasteiger partial charge on any atom is 0.225 e. The topological polar surface area (TPSA) is 100 Å². The molecule has 0 amide bonds. The van der Waals surface area contributed by atoms with Gasteiger partial charge in [0.1, 0.15) is 10.3 Å². The Bertz CT molecular complexity index is 1190. The lowest BCUT2D eigenvalue weighted by Gasteiger charge is -2.22. The highest BCUT2D eigenvalue weighted by Crippen LogP contribution is 2.28. The minimum atomic E-state index is -0.0803. The van der Waals surface area contributed by atoms with Crippen molar-refractivity contribution in [3.8, 4) is 0 Å². The third kappa shape index (κ3) is 7.24. The highest BCUT2D eigenvalue weighted by molar-refractivity contribution is 6.35. The van der Waals surface area contributed by atoms with Gasteiger partial charge in [-0.2, -0.15) is 10.1 Å². The van der Waals surface area contributed by atoms with Gasteiger partial charge in [0.05, 0.1) is 42.3 Å². The van der Waals surface area contributed by atoms with Gasteiger partial charge in [0.25, 0.3) is 0 Å². The molecule has 0 aromatic carbocycles. The molecule has 1 unspecified atom stereocenters. The zero-order chi connectivity index (χ0) is 23.9. The Hall–Kier alpha value is -2.04. The average molecular weight is 561 g/mol. The number of rotatable bonds is 1. The summed E-state index contributed by atoms with van der Waals surface area (Å²) in [5.74, 6) is 0. The quantitative estimate of drug-likeness (QED) is 0.247. The number of ether oxygens (including phenoxy) is 2. The van der Waals surface area contributed by atoms with Gasteiger partial charge in [-0.05, 0) is 61.4 Å². The first-order valence-electron chi connectivity index (χ1n) is 10.7. The first-order chi connectivity index (χ1) is 16.5. The van der Waals surface area contributed by atoms with E-state index in [2.05, 4.69) is 30.0 Å². The molecule has 6 heterocycles. The summed E-state index contributed by atoms with van der Waals surface area (Å²) in [6, 6.07) is 0. The number of halogens is 4. The number of allylic oxidation sites excluding steroid dienone is 1. The highest BCUT2D eigenvalue weighted by Gasteiger charge is 2.21. The van der Waals surface area contributed by atoms with Crippen molar-refractivity contribution in [3.05, 3.63) is 50.7 Å². The van der Waals surface area contributed by atoms with Crippen molar-refractivity contribution in [1.29, 1.82) is 0 Å². The second-order valence-electron chi connectivity index (χ2n) is 7.43. The summed E-state index contributed by atoms with van der Waals surface area (Å²) in [4.78, 5) is 19.8. The second-order valence-corrected chi connectivity index (χ2v) is 8.82. The van der Waals surface area contributed by atoms with E-state index >= 15 is 0 Å². The van der Waals surface area contributed by atoms with Gasteiger partial charge in [0.2, 0.25) is 10.6 Å². The van der Waals surface area contributed by atoms with E-state index in [1.807, 2.05) is 6.08 Å². The van der Waals surface area contributed by atoms with Crippen molar-refractivity contribution in [3.63, 3.8) is 0 Å². The minimum absolute atomic E-state index is 0. The molecule has 0 spiro atoms. The van der Waals surface area contributed by atoms with Crippen LogP contribution < -0.4 is 0 Å². The van der Waals surface area contributed by atoms with E-state index in [0.717, 1.165) is 43.7 Å². The number of aliphatic imine (C=N–C) groups is 1. The van der Waals surface area contributed by atoms with Crippen molar-refractivity contribution in [2.75, 3.05) is 13.2 Å². The van der Waals surface area contributed by atoms with Crippen molar-refractivity contribution in [2.45, 2.75) is 52.3 Å². The van der Waals surface area contributed by atoms with Crippen LogP contribution >= 0.6 is 46.4 Å². The Balaban J connectivity index is 0.000000163. The molecule has 1 atom stereocenters. The number of hydrogen-bond acceptors (Lipinski definition) is 8. The first kappa shape index (κ1) is 27.5. The zero-order valence-corrected chi connectivity index (χ0v) is 21.0. The monoisotopic (exact) mass is 559 g/mol. The average Bonchev–Trinajstić information content (AvgIpc) is 3.49. The van der Waals surface area contributed by atoms with Crippen LogP contribution in [0.4, 0.5) is 0 Å². The van der Waals surface area contributed by atoms with E-state index in [0.29, 0.717) is 27.9 Å². The largest absolute Gasteiger partial charge is 0.502 e. The van der Waals surface area contributed by atoms with E-state index in [1.165, 1.54) is 12.8 Å². The molecular weight excluding hydrogens is 536 g/mol. The van der Waals surface area contributed by atoms with E-state index in [4.69, 9.17) is 55.9 Å². The van der Waals surface area contributed by atoms with Gasteiger partial charge < -0.3 is 9.47 Å². The van der Waals surface area contributed by atoms with E-state index in [9.17, 15) is 0 Å². The molecular formula is C22H25Cl4N7O2. The number of fused-ring (bicyclic) bond motifs is 2. The lowest BCUT2D eigenvalue weighted by molar-refractivity contribution is -0.0370. The van der Waals surface area contributed by atoms with Gasteiger partial charge in [0.15, 0.2) is 11.9 Å². The summed E-state index contributed by atoms with van der Waals surface area (Å²) in [6.45, 7) is 2.21. The predicted molar refractivity (Wildman–Crippen MR) is 139 cm³/mol. The van der Waals surface area contributed by atoms with Crippen molar-refractivity contribution in [1.82, 2.24) is 29.7 Å². The first-order valence-corrected chi connectivity index (χ1v) is 12.2. The van der Waals surface area contributed by atoms with Crippen LogP contribution in [0.2, 0.25) is 20.9 Å². The lowest BCUT2D eigenvalue weighted by Crippen LogP contribution is -2.19. The summed E-state index contributed by atoms with van der Waals surface area (Å²) in [6.07, 6.45) is 12.6. The molecule has 0 bridgehead atoms. The van der Waals surface area contributed by atoms with Crippen LogP contribution in [0.15, 0.2) is 23.5 Å². The van der Waals surface area contributed by atoms with E-state index in [1.54, 1.807) is 23.4 Å².